The van der Waals surface area contributed by atoms with Crippen molar-refractivity contribution in [2.45, 2.75) is 235 Å². The molecule has 24 N–H and O–H groups in total. The SMILES string of the molecule is CC(C)C[C@H](NC(=O)[C@@H](NC(=O)[C@H](Cc1ccc(O)cc1)NC(=O)[C@@H](NC(=O)[C@H](CCC(N)=O)NC(=O)[C@@H]1CCCN1C(=O)[C@H](CCC(=O)O)NC(=O)[C@H](CCCN=C(N)N)NC(=O)[C@@H]1CCCN1C(=O)[C@H](CCC(N)=O)NC(=O)CN)C(C)C)[C@@H](C)O)C(=O)N1CCC[C@H]1C(=O)N1CCC[C@H]1C(=O)N[C@@H](CO)C(=O)O. The molecular formula is C70H109N19O22. The zero-order valence-electron chi connectivity index (χ0n) is 63.0. The Morgan fingerprint density at radius 1 is 0.486 bits per heavy atom. The van der Waals surface area contributed by atoms with Crippen LogP contribution in [0.4, 0.5) is 0 Å². The van der Waals surface area contributed by atoms with E-state index in [2.05, 4.69) is 52.8 Å². The highest BCUT2D eigenvalue weighted by Gasteiger charge is 2.47. The predicted molar refractivity (Wildman–Crippen MR) is 392 cm³/mol. The van der Waals surface area contributed by atoms with Gasteiger partial charge >= 0.3 is 11.9 Å². The van der Waals surface area contributed by atoms with Crippen LogP contribution in [0.25, 0.3) is 0 Å². The van der Waals surface area contributed by atoms with Crippen molar-refractivity contribution in [3.63, 3.8) is 0 Å². The summed E-state index contributed by atoms with van der Waals surface area (Å²) in [7, 11) is 0. The molecule has 14 atom stereocenters. The first kappa shape index (κ1) is 90.8. The van der Waals surface area contributed by atoms with Crippen LogP contribution in [0.5, 0.6) is 5.75 Å². The van der Waals surface area contributed by atoms with Crippen molar-refractivity contribution in [1.82, 2.24) is 67.5 Å². The summed E-state index contributed by atoms with van der Waals surface area (Å²) in [5.41, 5.74) is 27.7. The van der Waals surface area contributed by atoms with Gasteiger partial charge in [-0.3, -0.25) is 81.7 Å². The Hall–Kier alpha value is -10.8. The van der Waals surface area contributed by atoms with Crippen LogP contribution in [0.2, 0.25) is 0 Å². The van der Waals surface area contributed by atoms with Crippen LogP contribution in [0, 0.1) is 11.8 Å². The van der Waals surface area contributed by atoms with E-state index in [1.165, 1.54) is 54.8 Å². The lowest BCUT2D eigenvalue weighted by Crippen LogP contribution is -2.62. The highest BCUT2D eigenvalue weighted by atomic mass is 16.4. The van der Waals surface area contributed by atoms with Crippen molar-refractivity contribution in [3.05, 3.63) is 29.8 Å². The number of carboxylic acid groups (broad SMARTS) is 2. The Balaban J connectivity index is 1.35. The van der Waals surface area contributed by atoms with Crippen LogP contribution in [-0.4, -0.2) is 282 Å². The van der Waals surface area contributed by atoms with Crippen LogP contribution in [0.3, 0.4) is 0 Å². The highest BCUT2D eigenvalue weighted by Crippen LogP contribution is 2.28. The fraction of sp³-hybridized carbons (Fsp3) is 0.657. The number of primary amides is 2. The Morgan fingerprint density at radius 3 is 1.38 bits per heavy atom. The molecular weight excluding hydrogens is 1460 g/mol. The highest BCUT2D eigenvalue weighted by molar-refractivity contribution is 6.01. The van der Waals surface area contributed by atoms with Crippen LogP contribution in [-0.2, 0) is 87.9 Å². The molecule has 0 radical (unpaired) electrons. The molecule has 41 nitrogen and oxygen atoms in total. The second kappa shape index (κ2) is 43.5. The lowest BCUT2D eigenvalue weighted by molar-refractivity contribution is -0.149. The number of nitrogens with one attached hydrogen (secondary N) is 9. The predicted octanol–water partition coefficient (Wildman–Crippen LogP) is -7.17. The smallest absolute Gasteiger partial charge is 0.328 e. The molecule has 0 bridgehead atoms. The molecule has 0 saturated carbocycles. The van der Waals surface area contributed by atoms with E-state index in [4.69, 9.17) is 28.7 Å². The number of guanidine groups is 1. The summed E-state index contributed by atoms with van der Waals surface area (Å²) in [5.74, 6) is -17.8. The summed E-state index contributed by atoms with van der Waals surface area (Å²) >= 11 is 0. The van der Waals surface area contributed by atoms with Crippen molar-refractivity contribution in [2.24, 2.45) is 45.5 Å². The minimum Gasteiger partial charge on any atom is -0.508 e. The lowest BCUT2D eigenvalue weighted by atomic mass is 9.99. The first-order chi connectivity index (χ1) is 52.4. The number of nitrogens with zero attached hydrogens (tertiary/aromatic N) is 5. The molecule has 0 spiro atoms. The minimum absolute atomic E-state index is 0.0137. The van der Waals surface area contributed by atoms with Gasteiger partial charge in [0.2, 0.25) is 88.6 Å². The Morgan fingerprint density at radius 2 is 0.901 bits per heavy atom. The third-order valence-corrected chi connectivity index (χ3v) is 19.4. The number of carbonyl (C=O) groups excluding carboxylic acids is 15. The number of aliphatic hydroxyl groups is 2. The molecule has 111 heavy (non-hydrogen) atoms. The number of carboxylic acids is 2. The van der Waals surface area contributed by atoms with Gasteiger partial charge in [0.25, 0.3) is 0 Å². The third-order valence-electron chi connectivity index (χ3n) is 19.4. The van der Waals surface area contributed by atoms with Crippen LogP contribution in [0.1, 0.15) is 149 Å². The molecule has 4 fully saturated rings. The summed E-state index contributed by atoms with van der Waals surface area (Å²) in [6.07, 6.45) is -3.53. The van der Waals surface area contributed by atoms with E-state index in [9.17, 15) is 107 Å². The van der Waals surface area contributed by atoms with E-state index in [1.807, 2.05) is 0 Å². The van der Waals surface area contributed by atoms with Gasteiger partial charge in [0.05, 0.1) is 19.3 Å². The van der Waals surface area contributed by atoms with Crippen molar-refractivity contribution < 1.29 is 107 Å². The molecule has 1 aromatic rings. The van der Waals surface area contributed by atoms with Crippen molar-refractivity contribution in [1.29, 1.82) is 0 Å². The second-order valence-electron chi connectivity index (χ2n) is 28.8. The van der Waals surface area contributed by atoms with Crippen molar-refractivity contribution in [2.75, 3.05) is 45.9 Å². The molecule has 1 aromatic carbocycles. The maximum Gasteiger partial charge on any atom is 0.328 e. The number of phenolic OH excluding ortho intramolecular Hbond substituents is 1. The maximum absolute atomic E-state index is 14.8. The topological polar surface area (TPSA) is 655 Å². The molecule has 4 aliphatic heterocycles. The van der Waals surface area contributed by atoms with Crippen molar-refractivity contribution >= 4 is 107 Å². The number of hydrogen-bond acceptors (Lipinski definition) is 22. The van der Waals surface area contributed by atoms with E-state index in [0.29, 0.717) is 24.8 Å². The normalized spacial score (nSPS) is 19.4. The number of likely N-dealkylation sites (tertiary alicyclic amines) is 4. The van der Waals surface area contributed by atoms with Gasteiger partial charge in [0.15, 0.2) is 5.96 Å². The van der Waals surface area contributed by atoms with Gasteiger partial charge in [-0.1, -0.05) is 39.8 Å². The number of aromatic hydroxyl groups is 1. The number of aliphatic imine (C=N–C) groups is 1. The molecule has 5 rings (SSSR count). The van der Waals surface area contributed by atoms with E-state index in [0.717, 1.165) is 9.80 Å². The fourth-order valence-corrected chi connectivity index (χ4v) is 13.6. The van der Waals surface area contributed by atoms with E-state index in [-0.39, 0.29) is 121 Å². The number of phenols is 1. The van der Waals surface area contributed by atoms with Gasteiger partial charge in [-0.2, -0.15) is 0 Å². The molecule has 41 heteroatoms. The summed E-state index contributed by atoms with van der Waals surface area (Å²) in [5, 5.41) is 72.7. The second-order valence-corrected chi connectivity index (χ2v) is 28.8. The zero-order chi connectivity index (χ0) is 82.7. The number of hydrogen-bond donors (Lipinski definition) is 19. The molecule has 4 saturated heterocycles. The standard InChI is InChI=1S/C70H109N19O22/c1-35(2)31-45(67(108)89-30-10-15-50(89)68(109)88-29-9-14-49(88)62(103)83-46(34-90)69(110)111)82-64(105)56(37(5)91)85-59(100)44(32-38-16-18-39(92)19-17-38)81-63(104)55(36(3)4)84-58(99)41(20-23-51(72)93)79-61(102)48-13-8-28-87(48)66(107)43(22-25-54(96)97)80-57(98)40(11-6-26-76-70(74)75)78-60(101)47-12-7-27-86(47)65(106)42(21-24-52(73)94)77-53(95)33-71/h16-19,35-37,40-50,55-56,90-92H,6-15,20-34,71H2,1-5H3,(H2,72,93)(H2,73,94)(H,77,95)(H,78,101)(H,79,102)(H,80,98)(H,81,104)(H,82,105)(H,83,103)(H,84,99)(H,85,100)(H,96,97)(H,110,111)(H4,74,75,76)/t37-,40+,41+,42+,43+,44+,45+,46+,47+,48+,49+,50+,55+,56+/m1/s1. The average molecular weight is 1570 g/mol. The van der Waals surface area contributed by atoms with Crippen LogP contribution < -0.4 is 76.5 Å². The first-order valence-electron chi connectivity index (χ1n) is 37.2. The Bertz CT molecular complexity index is 3560. The van der Waals surface area contributed by atoms with Crippen molar-refractivity contribution in [3.8, 4) is 5.75 Å². The van der Waals surface area contributed by atoms with Gasteiger partial charge in [0.1, 0.15) is 84.3 Å². The summed E-state index contributed by atoms with van der Waals surface area (Å²) in [6.45, 7) is 6.24. The number of amides is 15. The molecule has 4 heterocycles. The minimum atomic E-state index is -1.84. The lowest BCUT2D eigenvalue weighted by Gasteiger charge is -2.34. The number of benzene rings is 1. The molecule has 0 aromatic heterocycles. The van der Waals surface area contributed by atoms with E-state index in [1.54, 1.807) is 13.8 Å². The summed E-state index contributed by atoms with van der Waals surface area (Å²) in [4.78, 5) is 241. The largest absolute Gasteiger partial charge is 0.508 e. The average Bonchev–Trinajstić information content (AvgIpc) is 1.67. The fourth-order valence-electron chi connectivity index (χ4n) is 13.6. The monoisotopic (exact) mass is 1570 g/mol. The summed E-state index contributed by atoms with van der Waals surface area (Å²) < 4.78 is 0. The molecule has 0 unspecified atom stereocenters. The van der Waals surface area contributed by atoms with Gasteiger partial charge in [0, 0.05) is 58.4 Å². The van der Waals surface area contributed by atoms with E-state index < -0.39 is 230 Å². The van der Waals surface area contributed by atoms with Gasteiger partial charge in [-0.15, -0.1) is 0 Å². The number of rotatable bonds is 43. The summed E-state index contributed by atoms with van der Waals surface area (Å²) in [6, 6.07) is -13.7. The van der Waals surface area contributed by atoms with Gasteiger partial charge in [-0.25, -0.2) is 4.79 Å². The zero-order valence-corrected chi connectivity index (χ0v) is 63.0. The molecule has 15 amide bonds. The number of aliphatic carboxylic acids is 2. The Labute approximate surface area is 640 Å². The third kappa shape index (κ3) is 27.3. The molecule has 616 valence electrons. The van der Waals surface area contributed by atoms with Gasteiger partial charge < -0.3 is 122 Å². The Kier molecular flexibility index (Phi) is 35.6. The van der Waals surface area contributed by atoms with E-state index >= 15 is 0 Å². The number of carbonyl (C=O) groups is 17. The number of nitrogens with two attached hydrogens (primary N) is 5. The molecule has 0 aliphatic carbocycles. The van der Waals surface area contributed by atoms with Crippen LogP contribution >= 0.6 is 0 Å². The first-order valence-corrected chi connectivity index (χ1v) is 37.2. The van der Waals surface area contributed by atoms with Gasteiger partial charge in [-0.05, 0) is 126 Å². The quantitative estimate of drug-likeness (QED) is 0.0164. The number of aliphatic hydroxyl groups excluding tert-OH is 2. The molecule has 4 aliphatic rings. The maximum atomic E-state index is 14.8. The van der Waals surface area contributed by atoms with Crippen LogP contribution in [0.15, 0.2) is 29.3 Å².